The molecule has 2 rings (SSSR count). The van der Waals surface area contributed by atoms with Crippen molar-refractivity contribution in [2.45, 2.75) is 65.0 Å². The molecule has 1 aromatic heterocycles. The minimum absolute atomic E-state index is 0.433. The van der Waals surface area contributed by atoms with Gasteiger partial charge >= 0.3 is 0 Å². The average molecular weight is 328 g/mol. The molecule has 0 amide bonds. The molecule has 1 fully saturated rings. The van der Waals surface area contributed by atoms with Crippen molar-refractivity contribution in [1.29, 1.82) is 0 Å². The van der Waals surface area contributed by atoms with Crippen LogP contribution < -0.4 is 5.32 Å². The van der Waals surface area contributed by atoms with Crippen molar-refractivity contribution < 1.29 is 0 Å². The van der Waals surface area contributed by atoms with Crippen LogP contribution in [0.5, 0.6) is 0 Å². The maximum atomic E-state index is 4.45. The third-order valence-electron chi connectivity index (χ3n) is 4.25. The second-order valence-corrected chi connectivity index (χ2v) is 6.39. The van der Waals surface area contributed by atoms with Gasteiger partial charge in [-0.3, -0.25) is 4.68 Å². The van der Waals surface area contributed by atoms with E-state index in [1.165, 1.54) is 44.2 Å². The first-order chi connectivity index (χ1) is 9.26. The van der Waals surface area contributed by atoms with E-state index in [0.29, 0.717) is 6.04 Å². The van der Waals surface area contributed by atoms with Crippen LogP contribution >= 0.6 is 15.9 Å². The molecule has 1 saturated carbocycles. The van der Waals surface area contributed by atoms with Gasteiger partial charge in [0.1, 0.15) is 0 Å². The molecule has 1 aliphatic carbocycles. The zero-order valence-electron chi connectivity index (χ0n) is 12.2. The van der Waals surface area contributed by atoms with E-state index < -0.39 is 0 Å². The molecule has 1 atom stereocenters. The van der Waals surface area contributed by atoms with E-state index >= 15 is 0 Å². The van der Waals surface area contributed by atoms with Crippen LogP contribution in [0.2, 0.25) is 0 Å². The van der Waals surface area contributed by atoms with E-state index in [2.05, 4.69) is 44.9 Å². The van der Waals surface area contributed by atoms with Crippen molar-refractivity contribution in [2.24, 2.45) is 5.92 Å². The summed E-state index contributed by atoms with van der Waals surface area (Å²) < 4.78 is 3.26. The summed E-state index contributed by atoms with van der Waals surface area (Å²) in [6.45, 7) is 6.29. The third kappa shape index (κ3) is 3.82. The van der Waals surface area contributed by atoms with Gasteiger partial charge in [-0.25, -0.2) is 0 Å². The van der Waals surface area contributed by atoms with Gasteiger partial charge in [-0.1, -0.05) is 32.6 Å². The van der Waals surface area contributed by atoms with Gasteiger partial charge in [-0.15, -0.1) is 0 Å². The summed E-state index contributed by atoms with van der Waals surface area (Å²) in [6.07, 6.45) is 10.3. The maximum Gasteiger partial charge on any atom is 0.0695 e. The summed E-state index contributed by atoms with van der Waals surface area (Å²) in [5.41, 5.74) is 1.32. The van der Waals surface area contributed by atoms with Gasteiger partial charge in [0.15, 0.2) is 0 Å². The van der Waals surface area contributed by atoms with Crippen LogP contribution in [0.3, 0.4) is 0 Å². The Morgan fingerprint density at radius 3 is 2.79 bits per heavy atom. The molecule has 19 heavy (non-hydrogen) atoms. The largest absolute Gasteiger partial charge is 0.309 e. The molecule has 0 aliphatic heterocycles. The fourth-order valence-electron chi connectivity index (χ4n) is 3.25. The summed E-state index contributed by atoms with van der Waals surface area (Å²) in [7, 11) is 0. The molecular weight excluding hydrogens is 302 g/mol. The minimum atomic E-state index is 0.433. The molecule has 1 aliphatic rings. The summed E-state index contributed by atoms with van der Waals surface area (Å²) in [6, 6.07) is 0.433. The fraction of sp³-hybridized carbons (Fsp3) is 0.800. The fourth-order valence-corrected chi connectivity index (χ4v) is 3.83. The Labute approximate surface area is 125 Å². The SMILES string of the molecule is CCNC(CCC1CCCC1)c1c(Br)cnn1CC. The quantitative estimate of drug-likeness (QED) is 0.809. The van der Waals surface area contributed by atoms with Crippen molar-refractivity contribution in [3.8, 4) is 0 Å². The molecule has 1 heterocycles. The van der Waals surface area contributed by atoms with Gasteiger partial charge in [-0.2, -0.15) is 5.10 Å². The van der Waals surface area contributed by atoms with E-state index in [4.69, 9.17) is 0 Å². The summed E-state index contributed by atoms with van der Waals surface area (Å²) >= 11 is 3.66. The number of nitrogens with one attached hydrogen (secondary N) is 1. The first-order valence-electron chi connectivity index (χ1n) is 7.70. The van der Waals surface area contributed by atoms with Crippen molar-refractivity contribution in [1.82, 2.24) is 15.1 Å². The monoisotopic (exact) mass is 327 g/mol. The van der Waals surface area contributed by atoms with Crippen LogP contribution in [0.25, 0.3) is 0 Å². The molecule has 1 unspecified atom stereocenters. The van der Waals surface area contributed by atoms with Gasteiger partial charge in [0, 0.05) is 6.54 Å². The smallest absolute Gasteiger partial charge is 0.0695 e. The zero-order chi connectivity index (χ0) is 13.7. The Bertz CT molecular complexity index is 383. The standard InChI is InChI=1S/C15H26BrN3/c1-3-17-14(10-9-12-7-5-6-8-12)15-13(16)11-18-19(15)4-2/h11-12,14,17H,3-10H2,1-2H3. The van der Waals surface area contributed by atoms with Gasteiger partial charge in [0.25, 0.3) is 0 Å². The predicted molar refractivity (Wildman–Crippen MR) is 83.2 cm³/mol. The van der Waals surface area contributed by atoms with Gasteiger partial charge in [0.2, 0.25) is 0 Å². The number of aryl methyl sites for hydroxylation is 1. The molecule has 4 heteroatoms. The number of hydrogen-bond acceptors (Lipinski definition) is 2. The first kappa shape index (κ1) is 15.0. The lowest BCUT2D eigenvalue weighted by atomic mass is 9.97. The number of nitrogens with zero attached hydrogens (tertiary/aromatic N) is 2. The molecular formula is C15H26BrN3. The molecule has 0 spiro atoms. The lowest BCUT2D eigenvalue weighted by Crippen LogP contribution is -2.24. The summed E-state index contributed by atoms with van der Waals surface area (Å²) in [5, 5.41) is 8.08. The lowest BCUT2D eigenvalue weighted by molar-refractivity contribution is 0.398. The highest BCUT2D eigenvalue weighted by atomic mass is 79.9. The van der Waals surface area contributed by atoms with Crippen LogP contribution in [0.4, 0.5) is 0 Å². The molecule has 1 aromatic rings. The Hall–Kier alpha value is -0.350. The third-order valence-corrected chi connectivity index (χ3v) is 4.86. The Morgan fingerprint density at radius 2 is 2.16 bits per heavy atom. The molecule has 108 valence electrons. The molecule has 1 N–H and O–H groups in total. The topological polar surface area (TPSA) is 29.9 Å². The first-order valence-corrected chi connectivity index (χ1v) is 8.50. The number of aromatic nitrogens is 2. The van der Waals surface area contributed by atoms with Crippen molar-refractivity contribution in [2.75, 3.05) is 6.54 Å². The molecule has 3 nitrogen and oxygen atoms in total. The number of hydrogen-bond donors (Lipinski definition) is 1. The summed E-state index contributed by atoms with van der Waals surface area (Å²) in [5.74, 6) is 0.956. The van der Waals surface area contributed by atoms with Crippen molar-refractivity contribution in [3.63, 3.8) is 0 Å². The Kier molecular flexibility index (Phi) is 5.89. The second-order valence-electron chi connectivity index (χ2n) is 5.53. The van der Waals surface area contributed by atoms with Crippen LogP contribution in [0.1, 0.15) is 64.1 Å². The number of halogens is 1. The van der Waals surface area contributed by atoms with Crippen LogP contribution in [-0.4, -0.2) is 16.3 Å². The van der Waals surface area contributed by atoms with Crippen molar-refractivity contribution >= 4 is 15.9 Å². The second kappa shape index (κ2) is 7.44. The van der Waals surface area contributed by atoms with E-state index in [1.54, 1.807) is 0 Å². The normalized spacial score (nSPS) is 18.1. The lowest BCUT2D eigenvalue weighted by Gasteiger charge is -2.21. The number of rotatable bonds is 7. The van der Waals surface area contributed by atoms with E-state index in [9.17, 15) is 0 Å². The van der Waals surface area contributed by atoms with E-state index in [-0.39, 0.29) is 0 Å². The van der Waals surface area contributed by atoms with Crippen LogP contribution in [-0.2, 0) is 6.54 Å². The zero-order valence-corrected chi connectivity index (χ0v) is 13.7. The van der Waals surface area contributed by atoms with Gasteiger partial charge in [-0.05, 0) is 48.2 Å². The Balaban J connectivity index is 2.03. The predicted octanol–water partition coefficient (Wildman–Crippen LogP) is 4.29. The minimum Gasteiger partial charge on any atom is -0.309 e. The average Bonchev–Trinajstić information content (AvgIpc) is 3.04. The molecule has 0 aromatic carbocycles. The summed E-state index contributed by atoms with van der Waals surface area (Å²) in [4.78, 5) is 0. The van der Waals surface area contributed by atoms with Gasteiger partial charge < -0.3 is 5.32 Å². The highest BCUT2D eigenvalue weighted by Gasteiger charge is 2.22. The molecule has 0 bridgehead atoms. The maximum absolute atomic E-state index is 4.45. The molecule has 0 saturated heterocycles. The van der Waals surface area contributed by atoms with Crippen molar-refractivity contribution in [3.05, 3.63) is 16.4 Å². The Morgan fingerprint density at radius 1 is 1.42 bits per heavy atom. The van der Waals surface area contributed by atoms with E-state index in [1.807, 2.05) is 6.20 Å². The van der Waals surface area contributed by atoms with Crippen LogP contribution in [0.15, 0.2) is 10.7 Å². The van der Waals surface area contributed by atoms with Crippen LogP contribution in [0, 0.1) is 5.92 Å². The highest BCUT2D eigenvalue weighted by Crippen LogP contribution is 2.33. The van der Waals surface area contributed by atoms with Gasteiger partial charge in [0.05, 0.1) is 22.4 Å². The highest BCUT2D eigenvalue weighted by molar-refractivity contribution is 9.10. The molecule has 0 radical (unpaired) electrons. The van der Waals surface area contributed by atoms with E-state index in [0.717, 1.165) is 23.5 Å².